The lowest BCUT2D eigenvalue weighted by atomic mass is 10.00. The van der Waals surface area contributed by atoms with Crippen LogP contribution in [-0.4, -0.2) is 9.97 Å². The van der Waals surface area contributed by atoms with Crippen LogP contribution in [0.2, 0.25) is 0 Å². The summed E-state index contributed by atoms with van der Waals surface area (Å²) < 4.78 is 0. The van der Waals surface area contributed by atoms with Crippen molar-refractivity contribution in [1.82, 2.24) is 9.97 Å². The van der Waals surface area contributed by atoms with Gasteiger partial charge in [-0.25, -0.2) is 9.97 Å². The highest BCUT2D eigenvalue weighted by molar-refractivity contribution is 5.95. The summed E-state index contributed by atoms with van der Waals surface area (Å²) in [7, 11) is 0. The van der Waals surface area contributed by atoms with Gasteiger partial charge in [-0.1, -0.05) is 72.8 Å². The molecule has 0 unspecified atom stereocenters. The molecule has 0 radical (unpaired) electrons. The van der Waals surface area contributed by atoms with Crippen molar-refractivity contribution >= 4 is 34.0 Å². The number of rotatable bonds is 3. The highest BCUT2D eigenvalue weighted by Crippen LogP contribution is 2.29. The smallest absolute Gasteiger partial charge is 0.0715 e. The average molecular weight is 358 g/mol. The highest BCUT2D eigenvalue weighted by Gasteiger charge is 2.06. The standard InChI is InChI=1S/C26H18N2/c1-2-8-19(9-3-1)24-18-22(28-26-13-7-5-11-23(24)26)17-16-21-15-14-20-10-4-6-12-25(20)27-21/h1-18H/b17-16+. The van der Waals surface area contributed by atoms with Crippen molar-refractivity contribution in [2.24, 2.45) is 0 Å². The molecule has 5 aromatic rings. The predicted octanol–water partition coefficient (Wildman–Crippen LogP) is 6.62. The van der Waals surface area contributed by atoms with E-state index in [-0.39, 0.29) is 0 Å². The van der Waals surface area contributed by atoms with E-state index in [9.17, 15) is 0 Å². The summed E-state index contributed by atoms with van der Waals surface area (Å²) in [6, 6.07) is 33.2. The van der Waals surface area contributed by atoms with Gasteiger partial charge in [0.05, 0.1) is 22.4 Å². The van der Waals surface area contributed by atoms with E-state index >= 15 is 0 Å². The molecule has 2 aromatic heterocycles. The van der Waals surface area contributed by atoms with Crippen molar-refractivity contribution in [3.8, 4) is 11.1 Å². The van der Waals surface area contributed by atoms with Crippen LogP contribution in [0.15, 0.2) is 97.1 Å². The Kier molecular flexibility index (Phi) is 4.15. The van der Waals surface area contributed by atoms with Gasteiger partial charge in [-0.05, 0) is 47.5 Å². The molecule has 0 spiro atoms. The second-order valence-electron chi connectivity index (χ2n) is 6.74. The normalized spacial score (nSPS) is 11.4. The molecule has 0 bridgehead atoms. The molecule has 132 valence electrons. The van der Waals surface area contributed by atoms with E-state index in [2.05, 4.69) is 60.7 Å². The van der Waals surface area contributed by atoms with Crippen LogP contribution in [0.25, 0.3) is 45.1 Å². The minimum Gasteiger partial charge on any atom is -0.248 e. The van der Waals surface area contributed by atoms with Crippen LogP contribution < -0.4 is 0 Å². The van der Waals surface area contributed by atoms with Crippen molar-refractivity contribution in [1.29, 1.82) is 0 Å². The fourth-order valence-corrected chi connectivity index (χ4v) is 3.48. The Hall–Kier alpha value is -3.78. The molecular formula is C26H18N2. The van der Waals surface area contributed by atoms with Gasteiger partial charge in [-0.3, -0.25) is 0 Å². The van der Waals surface area contributed by atoms with E-state index in [0.717, 1.165) is 33.2 Å². The van der Waals surface area contributed by atoms with Gasteiger partial charge in [0.25, 0.3) is 0 Å². The number of aromatic nitrogens is 2. The molecule has 0 aliphatic rings. The Morgan fingerprint density at radius 2 is 1.21 bits per heavy atom. The average Bonchev–Trinajstić information content (AvgIpc) is 2.77. The molecule has 5 rings (SSSR count). The van der Waals surface area contributed by atoms with E-state index < -0.39 is 0 Å². The lowest BCUT2D eigenvalue weighted by Crippen LogP contribution is -1.89. The molecule has 28 heavy (non-hydrogen) atoms. The first-order chi connectivity index (χ1) is 13.9. The topological polar surface area (TPSA) is 25.8 Å². The fraction of sp³-hybridized carbons (Fsp3) is 0. The molecule has 0 aliphatic heterocycles. The number of pyridine rings is 2. The van der Waals surface area contributed by atoms with Gasteiger partial charge in [0, 0.05) is 10.8 Å². The van der Waals surface area contributed by atoms with Gasteiger partial charge in [-0.2, -0.15) is 0 Å². The summed E-state index contributed by atoms with van der Waals surface area (Å²) in [5.74, 6) is 0. The van der Waals surface area contributed by atoms with Crippen LogP contribution in [0, 0.1) is 0 Å². The van der Waals surface area contributed by atoms with Crippen LogP contribution in [0.1, 0.15) is 11.4 Å². The molecule has 3 aromatic carbocycles. The SMILES string of the molecule is C(=C\c1cc(-c2ccccc2)c2ccccc2n1)/c1ccc2ccccc2n1. The molecule has 2 nitrogen and oxygen atoms in total. The first-order valence-electron chi connectivity index (χ1n) is 9.36. The van der Waals surface area contributed by atoms with Gasteiger partial charge in [0.15, 0.2) is 0 Å². The van der Waals surface area contributed by atoms with Crippen molar-refractivity contribution in [3.05, 3.63) is 108 Å². The summed E-state index contributed by atoms with van der Waals surface area (Å²) in [4.78, 5) is 9.54. The van der Waals surface area contributed by atoms with Crippen LogP contribution in [-0.2, 0) is 0 Å². The number of benzene rings is 3. The van der Waals surface area contributed by atoms with E-state index in [1.165, 1.54) is 11.1 Å². The second-order valence-corrected chi connectivity index (χ2v) is 6.74. The summed E-state index contributed by atoms with van der Waals surface area (Å²) >= 11 is 0. The zero-order chi connectivity index (χ0) is 18.8. The molecule has 0 fully saturated rings. The number of para-hydroxylation sites is 2. The Balaban J connectivity index is 1.59. The maximum absolute atomic E-state index is 4.82. The minimum atomic E-state index is 0.924. The Morgan fingerprint density at radius 3 is 2.11 bits per heavy atom. The summed E-state index contributed by atoms with van der Waals surface area (Å²) in [6.45, 7) is 0. The van der Waals surface area contributed by atoms with Crippen LogP contribution in [0.5, 0.6) is 0 Å². The molecule has 0 saturated heterocycles. The summed E-state index contributed by atoms with van der Waals surface area (Å²) in [5, 5.41) is 2.31. The van der Waals surface area contributed by atoms with E-state index in [0.29, 0.717) is 0 Å². The molecule has 0 aliphatic carbocycles. The maximum Gasteiger partial charge on any atom is 0.0715 e. The number of hydrogen-bond donors (Lipinski definition) is 0. The van der Waals surface area contributed by atoms with E-state index in [1.807, 2.05) is 48.6 Å². The van der Waals surface area contributed by atoms with Crippen LogP contribution in [0.3, 0.4) is 0 Å². The van der Waals surface area contributed by atoms with E-state index in [4.69, 9.17) is 9.97 Å². The molecule has 0 atom stereocenters. The number of nitrogens with zero attached hydrogens (tertiary/aromatic N) is 2. The Morgan fingerprint density at radius 1 is 0.536 bits per heavy atom. The largest absolute Gasteiger partial charge is 0.248 e. The third kappa shape index (κ3) is 3.17. The molecule has 2 heteroatoms. The van der Waals surface area contributed by atoms with Gasteiger partial charge >= 0.3 is 0 Å². The lowest BCUT2D eigenvalue weighted by molar-refractivity contribution is 1.36. The summed E-state index contributed by atoms with van der Waals surface area (Å²) in [5.41, 5.74) is 6.23. The van der Waals surface area contributed by atoms with Gasteiger partial charge in [0.2, 0.25) is 0 Å². The molecular weight excluding hydrogens is 340 g/mol. The monoisotopic (exact) mass is 358 g/mol. The number of hydrogen-bond acceptors (Lipinski definition) is 2. The Bertz CT molecular complexity index is 1300. The first-order valence-corrected chi connectivity index (χ1v) is 9.36. The first kappa shape index (κ1) is 16.4. The summed E-state index contributed by atoms with van der Waals surface area (Å²) in [6.07, 6.45) is 4.06. The molecule has 0 N–H and O–H groups in total. The third-order valence-electron chi connectivity index (χ3n) is 4.87. The third-order valence-corrected chi connectivity index (χ3v) is 4.87. The fourth-order valence-electron chi connectivity index (χ4n) is 3.48. The lowest BCUT2D eigenvalue weighted by Gasteiger charge is -2.08. The maximum atomic E-state index is 4.82. The molecule has 2 heterocycles. The quantitative estimate of drug-likeness (QED) is 0.362. The Labute approximate surface area is 163 Å². The molecule has 0 amide bonds. The van der Waals surface area contributed by atoms with Crippen molar-refractivity contribution in [2.45, 2.75) is 0 Å². The highest BCUT2D eigenvalue weighted by atomic mass is 14.7. The van der Waals surface area contributed by atoms with E-state index in [1.54, 1.807) is 0 Å². The zero-order valence-electron chi connectivity index (χ0n) is 15.3. The van der Waals surface area contributed by atoms with Crippen LogP contribution >= 0.6 is 0 Å². The zero-order valence-corrected chi connectivity index (χ0v) is 15.3. The van der Waals surface area contributed by atoms with Gasteiger partial charge in [0.1, 0.15) is 0 Å². The predicted molar refractivity (Wildman–Crippen MR) is 118 cm³/mol. The van der Waals surface area contributed by atoms with Crippen molar-refractivity contribution in [2.75, 3.05) is 0 Å². The van der Waals surface area contributed by atoms with Gasteiger partial charge < -0.3 is 0 Å². The molecule has 0 saturated carbocycles. The number of fused-ring (bicyclic) bond motifs is 2. The van der Waals surface area contributed by atoms with Gasteiger partial charge in [-0.15, -0.1) is 0 Å². The van der Waals surface area contributed by atoms with Crippen molar-refractivity contribution < 1.29 is 0 Å². The van der Waals surface area contributed by atoms with Crippen molar-refractivity contribution in [3.63, 3.8) is 0 Å². The second kappa shape index (κ2) is 7.09. The minimum absolute atomic E-state index is 0.924. The van der Waals surface area contributed by atoms with Crippen LogP contribution in [0.4, 0.5) is 0 Å².